The fourth-order valence-electron chi connectivity index (χ4n) is 1.86. The van der Waals surface area contributed by atoms with E-state index in [0.29, 0.717) is 15.7 Å². The molecule has 1 atom stereocenters. The molecule has 2 rings (SSSR count). The van der Waals surface area contributed by atoms with E-state index in [0.717, 1.165) is 10.0 Å². The quantitative estimate of drug-likeness (QED) is 0.702. The van der Waals surface area contributed by atoms with E-state index in [9.17, 15) is 4.79 Å². The average molecular weight is 388 g/mol. The molecule has 2 aromatic rings. The number of hydrogen-bond donors (Lipinski definition) is 2. The molecule has 6 heteroatoms. The van der Waals surface area contributed by atoms with Gasteiger partial charge in [0.1, 0.15) is 0 Å². The molecular formula is C15H13BrCl2N2O. The molecule has 0 aliphatic rings. The SMILES string of the molecule is C[C@@H](NC(=O)Nc1cccc(Br)c1)c1ccc(Cl)cc1Cl. The van der Waals surface area contributed by atoms with E-state index < -0.39 is 0 Å². The van der Waals surface area contributed by atoms with Crippen molar-refractivity contribution in [3.8, 4) is 0 Å². The van der Waals surface area contributed by atoms with E-state index in [1.165, 1.54) is 0 Å². The molecule has 2 amide bonds. The van der Waals surface area contributed by atoms with Crippen molar-refractivity contribution in [1.82, 2.24) is 5.32 Å². The van der Waals surface area contributed by atoms with Crippen LogP contribution in [0.4, 0.5) is 10.5 Å². The van der Waals surface area contributed by atoms with Crippen molar-refractivity contribution in [2.75, 3.05) is 5.32 Å². The van der Waals surface area contributed by atoms with Crippen molar-refractivity contribution in [3.63, 3.8) is 0 Å². The Labute approximate surface area is 141 Å². The second-order valence-electron chi connectivity index (χ2n) is 4.50. The molecule has 0 bridgehead atoms. The van der Waals surface area contributed by atoms with Gasteiger partial charge in [-0.2, -0.15) is 0 Å². The number of benzene rings is 2. The summed E-state index contributed by atoms with van der Waals surface area (Å²) >= 11 is 15.3. The zero-order valence-electron chi connectivity index (χ0n) is 11.2. The molecule has 21 heavy (non-hydrogen) atoms. The van der Waals surface area contributed by atoms with E-state index in [2.05, 4.69) is 26.6 Å². The molecule has 0 saturated carbocycles. The summed E-state index contributed by atoms with van der Waals surface area (Å²) in [7, 11) is 0. The van der Waals surface area contributed by atoms with Crippen LogP contribution in [0.5, 0.6) is 0 Å². The molecule has 0 unspecified atom stereocenters. The van der Waals surface area contributed by atoms with Gasteiger partial charge in [0.05, 0.1) is 6.04 Å². The summed E-state index contributed by atoms with van der Waals surface area (Å²) in [5.41, 5.74) is 1.52. The molecule has 2 aromatic carbocycles. The number of urea groups is 1. The number of carbonyl (C=O) groups excluding carboxylic acids is 1. The summed E-state index contributed by atoms with van der Waals surface area (Å²) < 4.78 is 0.897. The van der Waals surface area contributed by atoms with Gasteiger partial charge in [-0.1, -0.05) is 51.3 Å². The zero-order valence-corrected chi connectivity index (χ0v) is 14.3. The molecule has 2 N–H and O–H groups in total. The summed E-state index contributed by atoms with van der Waals surface area (Å²) in [6.45, 7) is 1.86. The van der Waals surface area contributed by atoms with Crippen LogP contribution < -0.4 is 10.6 Å². The van der Waals surface area contributed by atoms with Crippen LogP contribution >= 0.6 is 39.1 Å². The lowest BCUT2D eigenvalue weighted by Gasteiger charge is -2.16. The van der Waals surface area contributed by atoms with Crippen molar-refractivity contribution >= 4 is 50.9 Å². The van der Waals surface area contributed by atoms with Crippen LogP contribution in [-0.2, 0) is 0 Å². The Balaban J connectivity index is 2.02. The first-order chi connectivity index (χ1) is 9.95. The van der Waals surface area contributed by atoms with E-state index in [4.69, 9.17) is 23.2 Å². The van der Waals surface area contributed by atoms with Crippen LogP contribution in [0, 0.1) is 0 Å². The minimum Gasteiger partial charge on any atom is -0.331 e. The molecule has 0 radical (unpaired) electrons. The van der Waals surface area contributed by atoms with Crippen LogP contribution in [0.2, 0.25) is 10.0 Å². The van der Waals surface area contributed by atoms with E-state index >= 15 is 0 Å². The highest BCUT2D eigenvalue weighted by Crippen LogP contribution is 2.26. The molecule has 0 spiro atoms. The smallest absolute Gasteiger partial charge is 0.319 e. The van der Waals surface area contributed by atoms with Gasteiger partial charge in [-0.25, -0.2) is 4.79 Å². The third-order valence-corrected chi connectivity index (χ3v) is 3.91. The van der Waals surface area contributed by atoms with Crippen LogP contribution in [0.25, 0.3) is 0 Å². The van der Waals surface area contributed by atoms with Gasteiger partial charge >= 0.3 is 6.03 Å². The second-order valence-corrected chi connectivity index (χ2v) is 6.26. The van der Waals surface area contributed by atoms with E-state index in [1.807, 2.05) is 31.2 Å². The number of halogens is 3. The molecule has 0 saturated heterocycles. The first-order valence-electron chi connectivity index (χ1n) is 6.24. The summed E-state index contributed by atoms with van der Waals surface area (Å²) in [4.78, 5) is 12.0. The van der Waals surface area contributed by atoms with Gasteiger partial charge in [0.15, 0.2) is 0 Å². The van der Waals surface area contributed by atoms with Crippen molar-refractivity contribution in [1.29, 1.82) is 0 Å². The van der Waals surface area contributed by atoms with Gasteiger partial charge < -0.3 is 10.6 Å². The average Bonchev–Trinajstić information content (AvgIpc) is 2.38. The Bertz CT molecular complexity index is 664. The lowest BCUT2D eigenvalue weighted by molar-refractivity contribution is 0.249. The number of anilines is 1. The van der Waals surface area contributed by atoms with Gasteiger partial charge in [0.25, 0.3) is 0 Å². The molecule has 0 aliphatic heterocycles. The maximum atomic E-state index is 12.0. The Kier molecular flexibility index (Phi) is 5.51. The Morgan fingerprint density at radius 3 is 2.62 bits per heavy atom. The third kappa shape index (κ3) is 4.63. The van der Waals surface area contributed by atoms with Gasteiger partial charge in [-0.3, -0.25) is 0 Å². The maximum Gasteiger partial charge on any atom is 0.319 e. The lowest BCUT2D eigenvalue weighted by atomic mass is 10.1. The van der Waals surface area contributed by atoms with Crippen molar-refractivity contribution in [2.24, 2.45) is 0 Å². The zero-order chi connectivity index (χ0) is 15.4. The summed E-state index contributed by atoms with van der Waals surface area (Å²) in [6, 6.07) is 12.0. The standard InChI is InChI=1S/C15H13BrCl2N2O/c1-9(13-6-5-11(17)8-14(13)18)19-15(21)20-12-4-2-3-10(16)7-12/h2-9H,1H3,(H2,19,20,21)/t9-/m1/s1. The van der Waals surface area contributed by atoms with Gasteiger partial charge in [-0.15, -0.1) is 0 Å². The molecule has 110 valence electrons. The molecule has 0 heterocycles. The minimum atomic E-state index is -0.299. The second kappa shape index (κ2) is 7.16. The highest BCUT2D eigenvalue weighted by molar-refractivity contribution is 9.10. The largest absolute Gasteiger partial charge is 0.331 e. The molecule has 0 aromatic heterocycles. The van der Waals surface area contributed by atoms with Crippen LogP contribution in [0.15, 0.2) is 46.9 Å². The maximum absolute atomic E-state index is 12.0. The van der Waals surface area contributed by atoms with Crippen LogP contribution in [0.3, 0.4) is 0 Å². The molecule has 0 fully saturated rings. The number of carbonyl (C=O) groups is 1. The summed E-state index contributed by atoms with van der Waals surface area (Å²) in [6.07, 6.45) is 0. The fourth-order valence-corrected chi connectivity index (χ4v) is 2.83. The number of rotatable bonds is 3. The normalized spacial score (nSPS) is 11.8. The predicted molar refractivity (Wildman–Crippen MR) is 91.2 cm³/mol. The van der Waals surface area contributed by atoms with E-state index in [-0.39, 0.29) is 12.1 Å². The lowest BCUT2D eigenvalue weighted by Crippen LogP contribution is -2.31. The minimum absolute atomic E-state index is 0.234. The highest BCUT2D eigenvalue weighted by atomic mass is 79.9. The Hall–Kier alpha value is -1.23. The van der Waals surface area contributed by atoms with E-state index in [1.54, 1.807) is 18.2 Å². The Morgan fingerprint density at radius 2 is 1.95 bits per heavy atom. The van der Waals surface area contributed by atoms with Gasteiger partial charge in [0.2, 0.25) is 0 Å². The first-order valence-corrected chi connectivity index (χ1v) is 7.78. The first kappa shape index (κ1) is 16.1. The monoisotopic (exact) mass is 386 g/mol. The van der Waals surface area contributed by atoms with Gasteiger partial charge in [0, 0.05) is 20.2 Å². The topological polar surface area (TPSA) is 41.1 Å². The Morgan fingerprint density at radius 1 is 1.19 bits per heavy atom. The number of nitrogens with one attached hydrogen (secondary N) is 2. The molecule has 0 aliphatic carbocycles. The summed E-state index contributed by atoms with van der Waals surface area (Å²) in [5, 5.41) is 6.69. The fraction of sp³-hybridized carbons (Fsp3) is 0.133. The van der Waals surface area contributed by atoms with Crippen LogP contribution in [0.1, 0.15) is 18.5 Å². The van der Waals surface area contributed by atoms with Crippen LogP contribution in [-0.4, -0.2) is 6.03 Å². The van der Waals surface area contributed by atoms with Crippen molar-refractivity contribution in [3.05, 3.63) is 62.5 Å². The number of amides is 2. The molecular weight excluding hydrogens is 375 g/mol. The summed E-state index contributed by atoms with van der Waals surface area (Å²) in [5.74, 6) is 0. The molecule has 3 nitrogen and oxygen atoms in total. The van der Waals surface area contributed by atoms with Crippen molar-refractivity contribution < 1.29 is 4.79 Å². The third-order valence-electron chi connectivity index (χ3n) is 2.86. The number of hydrogen-bond acceptors (Lipinski definition) is 1. The highest BCUT2D eigenvalue weighted by Gasteiger charge is 2.13. The van der Waals surface area contributed by atoms with Crippen molar-refractivity contribution in [2.45, 2.75) is 13.0 Å². The predicted octanol–water partition coefficient (Wildman–Crippen LogP) is 5.64. The van der Waals surface area contributed by atoms with Gasteiger partial charge in [-0.05, 0) is 42.8 Å².